The highest BCUT2D eigenvalue weighted by atomic mass is 19.1. The summed E-state index contributed by atoms with van der Waals surface area (Å²) < 4.78 is 15.8. The first-order valence-electron chi connectivity index (χ1n) is 8.78. The van der Waals surface area contributed by atoms with Crippen LogP contribution in [0.25, 0.3) is 5.52 Å². The van der Waals surface area contributed by atoms with Crippen molar-refractivity contribution in [1.82, 2.24) is 24.6 Å². The van der Waals surface area contributed by atoms with Crippen LogP contribution >= 0.6 is 0 Å². The molecule has 8 nitrogen and oxygen atoms in total. The Hall–Kier alpha value is -2.97. The van der Waals surface area contributed by atoms with Crippen molar-refractivity contribution >= 4 is 17.3 Å². The minimum atomic E-state index is -0.730. The van der Waals surface area contributed by atoms with Crippen LogP contribution in [0, 0.1) is 5.82 Å². The molecule has 4 heterocycles. The molecule has 5 rings (SSSR count). The van der Waals surface area contributed by atoms with Crippen molar-refractivity contribution in [2.24, 2.45) is 0 Å². The maximum atomic E-state index is 14.0. The van der Waals surface area contributed by atoms with Gasteiger partial charge in [-0.3, -0.25) is 9.78 Å². The number of aromatic nitrogens is 5. The first-order valence-corrected chi connectivity index (χ1v) is 8.78. The Morgan fingerprint density at radius 2 is 1.88 bits per heavy atom. The van der Waals surface area contributed by atoms with Gasteiger partial charge in [0.05, 0.1) is 11.9 Å². The van der Waals surface area contributed by atoms with Gasteiger partial charge in [-0.15, -0.1) is 0 Å². The van der Waals surface area contributed by atoms with Gasteiger partial charge < -0.3 is 9.80 Å². The Labute approximate surface area is 148 Å². The molecule has 1 aliphatic carbocycles. The van der Waals surface area contributed by atoms with E-state index in [0.717, 1.165) is 37.3 Å². The number of hydrogen-bond donors (Lipinski definition) is 1. The molecule has 1 aliphatic heterocycles. The second-order valence-corrected chi connectivity index (χ2v) is 6.75. The van der Waals surface area contributed by atoms with Gasteiger partial charge in [-0.1, -0.05) is 0 Å². The van der Waals surface area contributed by atoms with E-state index in [-0.39, 0.29) is 5.92 Å². The Balaban J connectivity index is 1.38. The predicted octanol–water partition coefficient (Wildman–Crippen LogP) is 1.16. The average molecular weight is 355 g/mol. The summed E-state index contributed by atoms with van der Waals surface area (Å²) in [5, 5.41) is 4.24. The number of anilines is 2. The van der Waals surface area contributed by atoms with Gasteiger partial charge in [0, 0.05) is 44.5 Å². The van der Waals surface area contributed by atoms with Crippen molar-refractivity contribution in [2.45, 2.75) is 18.8 Å². The number of fused-ring (bicyclic) bond motifs is 1. The molecule has 1 N–H and O–H groups in total. The molecule has 0 bridgehead atoms. The molecule has 0 amide bonds. The third kappa shape index (κ3) is 2.51. The smallest absolute Gasteiger partial charge is 0.288 e. The van der Waals surface area contributed by atoms with Crippen LogP contribution in [0.4, 0.5) is 16.2 Å². The molecule has 1 saturated carbocycles. The Bertz CT molecular complexity index is 1020. The molecule has 1 saturated heterocycles. The molecule has 0 aromatic carbocycles. The number of hydrogen-bond acceptors (Lipinski definition) is 6. The fraction of sp³-hybridized carbons (Fsp3) is 0.412. The molecule has 2 aliphatic rings. The van der Waals surface area contributed by atoms with Gasteiger partial charge >= 0.3 is 0 Å². The van der Waals surface area contributed by atoms with Crippen LogP contribution in [-0.4, -0.2) is 50.7 Å². The highest BCUT2D eigenvalue weighted by Crippen LogP contribution is 2.39. The van der Waals surface area contributed by atoms with E-state index < -0.39 is 11.4 Å². The third-order valence-corrected chi connectivity index (χ3v) is 5.02. The average Bonchev–Trinajstić information content (AvgIpc) is 3.39. The lowest BCUT2D eigenvalue weighted by Gasteiger charge is -2.35. The summed E-state index contributed by atoms with van der Waals surface area (Å²) >= 11 is 0. The van der Waals surface area contributed by atoms with Gasteiger partial charge in [0.25, 0.3) is 5.56 Å². The highest BCUT2D eigenvalue weighted by Gasteiger charge is 2.31. The van der Waals surface area contributed by atoms with Gasteiger partial charge in [0.2, 0.25) is 11.8 Å². The fourth-order valence-electron chi connectivity index (χ4n) is 3.46. The van der Waals surface area contributed by atoms with Crippen LogP contribution in [0.1, 0.15) is 24.5 Å². The molecular formula is C17H18FN7O. The maximum Gasteiger partial charge on any atom is 0.288 e. The quantitative estimate of drug-likeness (QED) is 0.759. The van der Waals surface area contributed by atoms with E-state index in [2.05, 4.69) is 25.0 Å². The monoisotopic (exact) mass is 355 g/mol. The molecule has 9 heteroatoms. The van der Waals surface area contributed by atoms with Crippen molar-refractivity contribution < 1.29 is 4.39 Å². The molecule has 3 aromatic heterocycles. The molecule has 26 heavy (non-hydrogen) atoms. The molecule has 0 atom stereocenters. The number of halogens is 1. The first kappa shape index (κ1) is 15.3. The van der Waals surface area contributed by atoms with E-state index in [4.69, 9.17) is 0 Å². The lowest BCUT2D eigenvalue weighted by molar-refractivity contribution is 0.570. The minimum Gasteiger partial charge on any atom is -0.351 e. The van der Waals surface area contributed by atoms with Crippen LogP contribution in [-0.2, 0) is 0 Å². The lowest BCUT2D eigenvalue weighted by atomic mass is 10.2. The summed E-state index contributed by atoms with van der Waals surface area (Å²) in [6.07, 6.45) is 7.12. The van der Waals surface area contributed by atoms with E-state index in [1.165, 1.54) is 0 Å². The third-order valence-electron chi connectivity index (χ3n) is 5.02. The van der Waals surface area contributed by atoms with Crippen LogP contribution in [0.3, 0.4) is 0 Å². The largest absolute Gasteiger partial charge is 0.351 e. The van der Waals surface area contributed by atoms with Gasteiger partial charge in [-0.25, -0.2) is 14.5 Å². The van der Waals surface area contributed by atoms with E-state index >= 15 is 0 Å². The van der Waals surface area contributed by atoms with Crippen LogP contribution in [0.5, 0.6) is 0 Å². The molecule has 2 fully saturated rings. The number of piperazine rings is 1. The Morgan fingerprint density at radius 1 is 1.12 bits per heavy atom. The van der Waals surface area contributed by atoms with Crippen LogP contribution < -0.4 is 15.4 Å². The number of nitrogens with one attached hydrogen (secondary N) is 1. The molecular weight excluding hydrogens is 337 g/mol. The van der Waals surface area contributed by atoms with Gasteiger partial charge in [0.1, 0.15) is 5.52 Å². The molecule has 0 radical (unpaired) electrons. The van der Waals surface area contributed by atoms with Crippen molar-refractivity contribution in [3.8, 4) is 0 Å². The normalized spacial score (nSPS) is 17.9. The predicted molar refractivity (Wildman–Crippen MR) is 94.2 cm³/mol. The highest BCUT2D eigenvalue weighted by molar-refractivity contribution is 5.68. The number of nitrogens with zero attached hydrogens (tertiary/aromatic N) is 6. The van der Waals surface area contributed by atoms with Crippen molar-refractivity contribution in [3.05, 3.63) is 46.5 Å². The Kier molecular flexibility index (Phi) is 3.41. The summed E-state index contributed by atoms with van der Waals surface area (Å²) in [5.41, 5.74) is 0.604. The SMILES string of the molecule is O=c1[nH]c(N2CCN(c3nccn4nccc34)CC2)nc(C2CC2)c1F. The second kappa shape index (κ2) is 5.79. The number of aromatic amines is 1. The summed E-state index contributed by atoms with van der Waals surface area (Å²) in [4.78, 5) is 27.6. The van der Waals surface area contributed by atoms with E-state index in [9.17, 15) is 9.18 Å². The van der Waals surface area contributed by atoms with Crippen molar-refractivity contribution in [2.75, 3.05) is 36.0 Å². The lowest BCUT2D eigenvalue weighted by Crippen LogP contribution is -2.48. The van der Waals surface area contributed by atoms with E-state index in [0.29, 0.717) is 24.7 Å². The maximum absolute atomic E-state index is 14.0. The van der Waals surface area contributed by atoms with Gasteiger partial charge in [-0.05, 0) is 18.9 Å². The molecule has 0 unspecified atom stereocenters. The van der Waals surface area contributed by atoms with Gasteiger partial charge in [-0.2, -0.15) is 9.49 Å². The topological polar surface area (TPSA) is 82.4 Å². The summed E-state index contributed by atoms with van der Waals surface area (Å²) in [5.74, 6) is 0.727. The number of H-pyrrole nitrogens is 1. The summed E-state index contributed by atoms with van der Waals surface area (Å²) in [6.45, 7) is 2.82. The zero-order valence-corrected chi connectivity index (χ0v) is 14.1. The standard InChI is InChI=1S/C17H18FN7O/c18-13-14(11-1-2-11)21-17(22-16(13)26)24-9-7-23(8-10-24)15-12-3-4-20-25(12)6-5-19-15/h3-6,11H,1-2,7-10H2,(H,21,22,26). The van der Waals surface area contributed by atoms with Crippen molar-refractivity contribution in [1.29, 1.82) is 0 Å². The molecule has 134 valence electrons. The zero-order chi connectivity index (χ0) is 17.7. The molecule has 0 spiro atoms. The zero-order valence-electron chi connectivity index (χ0n) is 14.1. The minimum absolute atomic E-state index is 0.0982. The van der Waals surface area contributed by atoms with Crippen molar-refractivity contribution in [3.63, 3.8) is 0 Å². The Morgan fingerprint density at radius 3 is 2.65 bits per heavy atom. The van der Waals surface area contributed by atoms with E-state index in [1.807, 2.05) is 17.2 Å². The number of rotatable bonds is 3. The first-order chi connectivity index (χ1) is 12.7. The summed E-state index contributed by atoms with van der Waals surface area (Å²) in [6, 6.07) is 1.94. The molecule has 3 aromatic rings. The van der Waals surface area contributed by atoms with Crippen LogP contribution in [0.15, 0.2) is 29.5 Å². The summed E-state index contributed by atoms with van der Waals surface area (Å²) in [7, 11) is 0. The fourth-order valence-corrected chi connectivity index (χ4v) is 3.46. The van der Waals surface area contributed by atoms with Gasteiger partial charge in [0.15, 0.2) is 5.82 Å². The van der Waals surface area contributed by atoms with E-state index in [1.54, 1.807) is 16.9 Å². The second-order valence-electron chi connectivity index (χ2n) is 6.75. The van der Waals surface area contributed by atoms with Crippen LogP contribution in [0.2, 0.25) is 0 Å².